The van der Waals surface area contributed by atoms with E-state index < -0.39 is 16.0 Å². The highest BCUT2D eigenvalue weighted by molar-refractivity contribution is 7.89. The van der Waals surface area contributed by atoms with Crippen molar-refractivity contribution in [3.8, 4) is 0 Å². The monoisotopic (exact) mass is 393 g/mol. The Morgan fingerprint density at radius 2 is 1.88 bits per heavy atom. The van der Waals surface area contributed by atoms with Gasteiger partial charge in [0.2, 0.25) is 10.0 Å². The number of rotatable bonds is 5. The number of hydrogen-bond acceptors (Lipinski definition) is 4. The first kappa shape index (κ1) is 18.9. The van der Waals surface area contributed by atoms with E-state index >= 15 is 0 Å². The van der Waals surface area contributed by atoms with Gasteiger partial charge in [0.25, 0.3) is 0 Å². The van der Waals surface area contributed by atoms with Gasteiger partial charge in [-0.1, -0.05) is 41.4 Å². The van der Waals surface area contributed by atoms with Gasteiger partial charge in [-0.25, -0.2) is 13.2 Å². The molecule has 26 heavy (non-hydrogen) atoms. The molecule has 0 radical (unpaired) electrons. The minimum absolute atomic E-state index is 0.0499. The summed E-state index contributed by atoms with van der Waals surface area (Å²) in [7, 11) is -3.70. The molecule has 1 fully saturated rings. The highest BCUT2D eigenvalue weighted by Crippen LogP contribution is 2.28. The lowest BCUT2D eigenvalue weighted by atomic mass is 10.1. The molecule has 0 spiro atoms. The van der Waals surface area contributed by atoms with Gasteiger partial charge in [-0.05, 0) is 43.5 Å². The van der Waals surface area contributed by atoms with Crippen LogP contribution in [0.4, 0.5) is 0 Å². The molecule has 138 valence electrons. The van der Waals surface area contributed by atoms with Crippen LogP contribution < -0.4 is 0 Å². The third-order valence-corrected chi connectivity index (χ3v) is 6.68. The van der Waals surface area contributed by atoms with Crippen molar-refractivity contribution in [1.29, 1.82) is 0 Å². The molecule has 1 aliphatic rings. The summed E-state index contributed by atoms with van der Waals surface area (Å²) in [6.45, 7) is 3.03. The van der Waals surface area contributed by atoms with E-state index in [2.05, 4.69) is 0 Å². The van der Waals surface area contributed by atoms with Crippen LogP contribution in [0.5, 0.6) is 0 Å². The number of sulfonamides is 1. The van der Waals surface area contributed by atoms with Gasteiger partial charge in [-0.2, -0.15) is 4.31 Å². The average molecular weight is 394 g/mol. The lowest BCUT2D eigenvalue weighted by molar-refractivity contribution is 0.0472. The number of ether oxygens (including phenoxy) is 1. The Kier molecular flexibility index (Phi) is 5.65. The second-order valence-corrected chi connectivity index (χ2v) is 8.64. The molecule has 0 atom stereocenters. The first-order chi connectivity index (χ1) is 12.4. The van der Waals surface area contributed by atoms with Crippen LogP contribution in [0.3, 0.4) is 0 Å². The Bertz CT molecular complexity index is 921. The van der Waals surface area contributed by atoms with Crippen LogP contribution in [-0.4, -0.2) is 31.8 Å². The summed E-state index contributed by atoms with van der Waals surface area (Å²) in [6.07, 6.45) is 1.66. The summed E-state index contributed by atoms with van der Waals surface area (Å²) in [5, 5.41) is 0.104. The molecule has 0 amide bonds. The third kappa shape index (κ3) is 4.09. The van der Waals surface area contributed by atoms with Crippen LogP contribution in [0.1, 0.15) is 34.3 Å². The molecule has 1 aliphatic heterocycles. The Hall–Kier alpha value is -1.89. The molecular formula is C19H20ClNO4S. The quantitative estimate of drug-likeness (QED) is 0.725. The van der Waals surface area contributed by atoms with Crippen molar-refractivity contribution in [2.24, 2.45) is 0 Å². The summed E-state index contributed by atoms with van der Waals surface area (Å²) >= 11 is 6.10. The topological polar surface area (TPSA) is 63.7 Å². The Morgan fingerprint density at radius 1 is 1.15 bits per heavy atom. The normalized spacial score (nSPS) is 15.2. The lowest BCUT2D eigenvalue weighted by Gasteiger charge is -2.17. The van der Waals surface area contributed by atoms with E-state index in [-0.39, 0.29) is 22.1 Å². The van der Waals surface area contributed by atoms with Crippen LogP contribution in [0.25, 0.3) is 0 Å². The fraction of sp³-hybridized carbons (Fsp3) is 0.316. The summed E-state index contributed by atoms with van der Waals surface area (Å²) in [5.41, 5.74) is 2.11. The summed E-state index contributed by atoms with van der Waals surface area (Å²) in [4.78, 5) is 12.3. The van der Waals surface area contributed by atoms with Gasteiger partial charge in [0.1, 0.15) is 11.5 Å². The van der Waals surface area contributed by atoms with Gasteiger partial charge in [0.15, 0.2) is 0 Å². The van der Waals surface area contributed by atoms with Crippen LogP contribution in [-0.2, 0) is 21.4 Å². The van der Waals surface area contributed by atoms with E-state index in [0.717, 1.165) is 24.0 Å². The summed E-state index contributed by atoms with van der Waals surface area (Å²) in [5.74, 6) is -0.582. The maximum absolute atomic E-state index is 12.7. The third-order valence-electron chi connectivity index (χ3n) is 4.30. The highest BCUT2D eigenvalue weighted by atomic mass is 35.5. The zero-order valence-corrected chi connectivity index (χ0v) is 16.0. The van der Waals surface area contributed by atoms with Crippen molar-refractivity contribution in [2.45, 2.75) is 31.3 Å². The van der Waals surface area contributed by atoms with Gasteiger partial charge in [0, 0.05) is 13.1 Å². The maximum atomic E-state index is 12.7. The van der Waals surface area contributed by atoms with Gasteiger partial charge < -0.3 is 4.74 Å². The predicted octanol–water partition coefficient (Wildman–Crippen LogP) is 3.79. The Morgan fingerprint density at radius 3 is 2.58 bits per heavy atom. The van der Waals surface area contributed by atoms with E-state index in [1.165, 1.54) is 22.5 Å². The fourth-order valence-corrected chi connectivity index (χ4v) is 4.95. The van der Waals surface area contributed by atoms with Crippen LogP contribution in [0, 0.1) is 6.92 Å². The number of aryl methyl sites for hydroxylation is 1. The van der Waals surface area contributed by atoms with Gasteiger partial charge in [0.05, 0.1) is 10.6 Å². The number of halogens is 1. The Balaban J connectivity index is 1.79. The molecule has 7 heteroatoms. The zero-order valence-electron chi connectivity index (χ0n) is 14.4. The minimum Gasteiger partial charge on any atom is -0.457 e. The summed E-state index contributed by atoms with van der Waals surface area (Å²) in [6, 6.07) is 11.8. The van der Waals surface area contributed by atoms with E-state index in [1.807, 2.05) is 31.2 Å². The first-order valence-electron chi connectivity index (χ1n) is 8.40. The van der Waals surface area contributed by atoms with Crippen molar-refractivity contribution in [2.75, 3.05) is 13.1 Å². The molecule has 0 aliphatic carbocycles. The molecule has 1 saturated heterocycles. The number of benzene rings is 2. The van der Waals surface area contributed by atoms with Crippen LogP contribution in [0.2, 0.25) is 5.02 Å². The van der Waals surface area contributed by atoms with Crippen molar-refractivity contribution in [1.82, 2.24) is 4.31 Å². The van der Waals surface area contributed by atoms with Gasteiger partial charge in [-0.3, -0.25) is 0 Å². The molecule has 2 aromatic carbocycles. The number of hydrogen-bond donors (Lipinski definition) is 0. The van der Waals surface area contributed by atoms with Gasteiger partial charge in [-0.15, -0.1) is 0 Å². The minimum atomic E-state index is -3.70. The Labute approximate surface area is 158 Å². The number of nitrogens with zero attached hydrogens (tertiary/aromatic N) is 1. The molecule has 0 saturated carbocycles. The van der Waals surface area contributed by atoms with E-state index in [9.17, 15) is 13.2 Å². The SMILES string of the molecule is Cc1cccc(COC(=O)c2ccc(Cl)c(S(=O)(=O)N3CCCC3)c2)c1. The lowest BCUT2D eigenvalue weighted by Crippen LogP contribution is -2.28. The molecule has 0 bridgehead atoms. The van der Waals surface area contributed by atoms with Crippen molar-refractivity contribution < 1.29 is 17.9 Å². The molecule has 0 N–H and O–H groups in total. The highest BCUT2D eigenvalue weighted by Gasteiger charge is 2.29. The van der Waals surface area contributed by atoms with Crippen molar-refractivity contribution >= 4 is 27.6 Å². The molecular weight excluding hydrogens is 374 g/mol. The number of carbonyl (C=O) groups is 1. The molecule has 3 rings (SSSR count). The van der Waals surface area contributed by atoms with Crippen molar-refractivity contribution in [3.05, 3.63) is 64.2 Å². The van der Waals surface area contributed by atoms with Crippen LogP contribution >= 0.6 is 11.6 Å². The second kappa shape index (κ2) is 7.78. The van der Waals surface area contributed by atoms with E-state index in [1.54, 1.807) is 0 Å². The standard InChI is InChI=1S/C19H20ClNO4S/c1-14-5-4-6-15(11-14)13-25-19(22)16-7-8-17(20)18(12-16)26(23,24)21-9-2-3-10-21/h4-8,11-12H,2-3,9-10,13H2,1H3. The number of esters is 1. The number of carbonyl (C=O) groups excluding carboxylic acids is 1. The predicted molar refractivity (Wildman–Crippen MR) is 99.7 cm³/mol. The molecule has 0 unspecified atom stereocenters. The van der Waals surface area contributed by atoms with E-state index in [0.29, 0.717) is 13.1 Å². The van der Waals surface area contributed by atoms with E-state index in [4.69, 9.17) is 16.3 Å². The average Bonchev–Trinajstić information content (AvgIpc) is 3.15. The zero-order chi connectivity index (χ0) is 18.7. The van der Waals surface area contributed by atoms with Crippen molar-refractivity contribution in [3.63, 3.8) is 0 Å². The van der Waals surface area contributed by atoms with Crippen LogP contribution in [0.15, 0.2) is 47.4 Å². The molecule has 0 aromatic heterocycles. The molecule has 2 aromatic rings. The maximum Gasteiger partial charge on any atom is 0.338 e. The van der Waals surface area contributed by atoms with Gasteiger partial charge >= 0.3 is 5.97 Å². The summed E-state index contributed by atoms with van der Waals surface area (Å²) < 4.78 is 32.2. The largest absolute Gasteiger partial charge is 0.457 e. The second-order valence-electron chi connectivity index (χ2n) is 6.32. The fourth-order valence-electron chi connectivity index (χ4n) is 2.93. The first-order valence-corrected chi connectivity index (χ1v) is 10.2. The molecule has 5 nitrogen and oxygen atoms in total. The molecule has 1 heterocycles. The smallest absolute Gasteiger partial charge is 0.338 e.